The van der Waals surface area contributed by atoms with Gasteiger partial charge in [0.25, 0.3) is 0 Å². The van der Waals surface area contributed by atoms with E-state index in [1.165, 1.54) is 20.8 Å². The Labute approximate surface area is 96.7 Å². The van der Waals surface area contributed by atoms with E-state index >= 15 is 0 Å². The molecule has 1 atom stereocenters. The minimum absolute atomic E-state index is 0.776. The maximum Gasteiger partial charge on any atom is 0.523 e. The number of carboxylic acids is 1. The molecular formula is C8H13F3O5S. The zero-order chi connectivity index (χ0) is 14.3. The molecule has 0 rings (SSSR count). The standard InChI is InChI=1S/C8H13F3O5S/c1-6(2,3)7(4,5(12)13)16-17(14,15)8(9,10)11/h1-4H3,(H,12,13). The molecule has 0 heterocycles. The zero-order valence-corrected chi connectivity index (χ0v) is 10.4. The second-order valence-electron chi connectivity index (χ2n) is 4.57. The molecule has 0 aliphatic heterocycles. The normalized spacial score (nSPS) is 17.6. The fraction of sp³-hybridized carbons (Fsp3) is 0.875. The van der Waals surface area contributed by atoms with Crippen molar-refractivity contribution < 1.29 is 35.7 Å². The first-order valence-corrected chi connectivity index (χ1v) is 5.81. The maximum absolute atomic E-state index is 12.1. The molecule has 17 heavy (non-hydrogen) atoms. The van der Waals surface area contributed by atoms with Crippen LogP contribution < -0.4 is 0 Å². The maximum atomic E-state index is 12.1. The van der Waals surface area contributed by atoms with Gasteiger partial charge in [0, 0.05) is 5.41 Å². The van der Waals surface area contributed by atoms with Gasteiger partial charge in [0.2, 0.25) is 0 Å². The first kappa shape index (κ1) is 16.2. The summed E-state index contributed by atoms with van der Waals surface area (Å²) in [5.41, 5.74) is -9.52. The van der Waals surface area contributed by atoms with Gasteiger partial charge in [-0.3, -0.25) is 0 Å². The van der Waals surface area contributed by atoms with E-state index in [9.17, 15) is 26.4 Å². The Hall–Kier alpha value is -0.830. The predicted octanol–water partition coefficient (Wildman–Crippen LogP) is 1.74. The van der Waals surface area contributed by atoms with Crippen LogP contribution in [0.25, 0.3) is 0 Å². The first-order valence-electron chi connectivity index (χ1n) is 4.40. The molecule has 0 saturated heterocycles. The number of hydrogen-bond donors (Lipinski definition) is 1. The third kappa shape index (κ3) is 3.09. The van der Waals surface area contributed by atoms with Gasteiger partial charge in [-0.2, -0.15) is 21.6 Å². The highest BCUT2D eigenvalue weighted by molar-refractivity contribution is 7.87. The Morgan fingerprint density at radius 3 is 1.65 bits per heavy atom. The fourth-order valence-electron chi connectivity index (χ4n) is 0.748. The molecule has 9 heteroatoms. The van der Waals surface area contributed by atoms with Crippen LogP contribution in [0.1, 0.15) is 27.7 Å². The Bertz CT molecular complexity index is 406. The lowest BCUT2D eigenvalue weighted by Gasteiger charge is -2.36. The van der Waals surface area contributed by atoms with Crippen LogP contribution in [0.3, 0.4) is 0 Å². The topological polar surface area (TPSA) is 80.7 Å². The van der Waals surface area contributed by atoms with Crippen LogP contribution in [-0.2, 0) is 19.1 Å². The fourth-order valence-corrected chi connectivity index (χ4v) is 1.60. The highest BCUT2D eigenvalue weighted by Gasteiger charge is 2.57. The molecule has 0 amide bonds. The SMILES string of the molecule is CC(C)(C)C(C)(OS(=O)(=O)C(F)(F)F)C(=O)O. The van der Waals surface area contributed by atoms with Crippen molar-refractivity contribution in [2.45, 2.75) is 38.8 Å². The van der Waals surface area contributed by atoms with E-state index in [4.69, 9.17) is 5.11 Å². The van der Waals surface area contributed by atoms with Gasteiger partial charge in [0.15, 0.2) is 5.60 Å². The Morgan fingerprint density at radius 1 is 1.12 bits per heavy atom. The van der Waals surface area contributed by atoms with E-state index in [0.717, 1.165) is 6.92 Å². The van der Waals surface area contributed by atoms with Gasteiger partial charge in [-0.25, -0.2) is 8.98 Å². The monoisotopic (exact) mass is 278 g/mol. The second-order valence-corrected chi connectivity index (χ2v) is 6.11. The second kappa shape index (κ2) is 4.13. The number of carboxylic acid groups (broad SMARTS) is 1. The van der Waals surface area contributed by atoms with E-state index in [0.29, 0.717) is 0 Å². The minimum atomic E-state index is -5.96. The summed E-state index contributed by atoms with van der Waals surface area (Å²) in [6, 6.07) is 0. The molecule has 102 valence electrons. The molecule has 0 aliphatic carbocycles. The molecule has 0 saturated carbocycles. The highest BCUT2D eigenvalue weighted by atomic mass is 32.2. The van der Waals surface area contributed by atoms with Crippen molar-refractivity contribution >= 4 is 16.1 Å². The van der Waals surface area contributed by atoms with E-state index in [-0.39, 0.29) is 0 Å². The lowest BCUT2D eigenvalue weighted by atomic mass is 9.78. The lowest BCUT2D eigenvalue weighted by molar-refractivity contribution is -0.165. The molecule has 0 radical (unpaired) electrons. The minimum Gasteiger partial charge on any atom is -0.479 e. The van der Waals surface area contributed by atoms with Crippen LogP contribution in [0, 0.1) is 5.41 Å². The van der Waals surface area contributed by atoms with Crippen molar-refractivity contribution in [1.82, 2.24) is 0 Å². The molecule has 0 aromatic heterocycles. The Balaban J connectivity index is 5.56. The van der Waals surface area contributed by atoms with Crippen molar-refractivity contribution in [3.63, 3.8) is 0 Å². The van der Waals surface area contributed by atoms with Crippen LogP contribution in [0.15, 0.2) is 0 Å². The molecular weight excluding hydrogens is 265 g/mol. The van der Waals surface area contributed by atoms with Crippen molar-refractivity contribution in [3.8, 4) is 0 Å². The lowest BCUT2D eigenvalue weighted by Crippen LogP contribution is -2.52. The predicted molar refractivity (Wildman–Crippen MR) is 51.6 cm³/mol. The molecule has 0 bridgehead atoms. The van der Waals surface area contributed by atoms with Crippen LogP contribution in [0.2, 0.25) is 0 Å². The van der Waals surface area contributed by atoms with Crippen LogP contribution in [-0.4, -0.2) is 30.6 Å². The summed E-state index contributed by atoms with van der Waals surface area (Å²) in [5.74, 6) is -1.79. The number of rotatable bonds is 3. The number of aliphatic carboxylic acids is 1. The molecule has 5 nitrogen and oxygen atoms in total. The third-order valence-electron chi connectivity index (χ3n) is 2.40. The van der Waals surface area contributed by atoms with Gasteiger partial charge in [-0.05, 0) is 6.92 Å². The quantitative estimate of drug-likeness (QED) is 0.628. The van der Waals surface area contributed by atoms with Gasteiger partial charge in [-0.15, -0.1) is 0 Å². The third-order valence-corrected chi connectivity index (χ3v) is 3.52. The van der Waals surface area contributed by atoms with E-state index in [1.807, 2.05) is 0 Å². The summed E-state index contributed by atoms with van der Waals surface area (Å²) >= 11 is 0. The van der Waals surface area contributed by atoms with Gasteiger partial charge in [0.05, 0.1) is 0 Å². The zero-order valence-electron chi connectivity index (χ0n) is 9.62. The molecule has 1 N–H and O–H groups in total. The Kier molecular flexibility index (Phi) is 3.92. The van der Waals surface area contributed by atoms with Gasteiger partial charge in [0.1, 0.15) is 0 Å². The molecule has 0 aromatic rings. The van der Waals surface area contributed by atoms with Crippen molar-refractivity contribution in [1.29, 1.82) is 0 Å². The molecule has 0 aliphatic rings. The summed E-state index contributed by atoms with van der Waals surface area (Å²) in [6.45, 7) is 4.55. The molecule has 0 spiro atoms. The summed E-state index contributed by atoms with van der Waals surface area (Å²) in [6.07, 6.45) is 0. The molecule has 0 fully saturated rings. The van der Waals surface area contributed by atoms with Crippen molar-refractivity contribution in [3.05, 3.63) is 0 Å². The van der Waals surface area contributed by atoms with E-state index in [1.54, 1.807) is 0 Å². The molecule has 0 aromatic carbocycles. The number of halogens is 3. The Morgan fingerprint density at radius 2 is 1.47 bits per heavy atom. The van der Waals surface area contributed by atoms with Crippen molar-refractivity contribution in [2.75, 3.05) is 0 Å². The summed E-state index contributed by atoms with van der Waals surface area (Å²) < 4.78 is 61.8. The average molecular weight is 278 g/mol. The van der Waals surface area contributed by atoms with E-state index < -0.39 is 32.6 Å². The number of hydrogen-bond acceptors (Lipinski definition) is 4. The highest BCUT2D eigenvalue weighted by Crippen LogP contribution is 2.38. The van der Waals surface area contributed by atoms with Gasteiger partial charge in [-0.1, -0.05) is 20.8 Å². The summed E-state index contributed by atoms with van der Waals surface area (Å²) in [4.78, 5) is 10.9. The molecule has 1 unspecified atom stereocenters. The summed E-state index contributed by atoms with van der Waals surface area (Å²) in [7, 11) is -5.96. The van der Waals surface area contributed by atoms with Gasteiger partial charge >= 0.3 is 21.6 Å². The number of carbonyl (C=O) groups is 1. The van der Waals surface area contributed by atoms with E-state index in [2.05, 4.69) is 4.18 Å². The first-order chi connectivity index (χ1) is 7.15. The average Bonchev–Trinajstić information content (AvgIpc) is 1.98. The van der Waals surface area contributed by atoms with Crippen LogP contribution in [0.4, 0.5) is 13.2 Å². The van der Waals surface area contributed by atoms with Crippen LogP contribution in [0.5, 0.6) is 0 Å². The smallest absolute Gasteiger partial charge is 0.479 e. The van der Waals surface area contributed by atoms with Crippen LogP contribution >= 0.6 is 0 Å². The number of alkyl halides is 3. The summed E-state index contributed by atoms with van der Waals surface area (Å²) in [5, 5.41) is 8.84. The largest absolute Gasteiger partial charge is 0.523 e. The van der Waals surface area contributed by atoms with Gasteiger partial charge < -0.3 is 5.11 Å². The van der Waals surface area contributed by atoms with Crippen molar-refractivity contribution in [2.24, 2.45) is 5.41 Å².